The van der Waals surface area contributed by atoms with Crippen LogP contribution in [0.4, 0.5) is 0 Å². The molecule has 134 valence electrons. The number of ether oxygens (including phenoxy) is 1. The zero-order valence-electron chi connectivity index (χ0n) is 13.9. The quantitative estimate of drug-likeness (QED) is 0.569. The van der Waals surface area contributed by atoms with Gasteiger partial charge in [-0.05, 0) is 55.0 Å². The summed E-state index contributed by atoms with van der Waals surface area (Å²) in [5.74, 6) is 0.936. The predicted octanol–water partition coefficient (Wildman–Crippen LogP) is 5.06. The fourth-order valence-electron chi connectivity index (χ4n) is 2.30. The van der Waals surface area contributed by atoms with Gasteiger partial charge >= 0.3 is 5.97 Å². The number of aromatic nitrogens is 1. The highest BCUT2D eigenvalue weighted by Crippen LogP contribution is 2.29. The summed E-state index contributed by atoms with van der Waals surface area (Å²) < 4.78 is 10.6. The van der Waals surface area contributed by atoms with E-state index in [0.29, 0.717) is 22.3 Å². The topological polar surface area (TPSA) is 72.6 Å². The Balaban J connectivity index is 1.61. The molecule has 0 saturated heterocycles. The number of hydrogen-bond donors (Lipinski definition) is 1. The molecule has 0 radical (unpaired) electrons. The zero-order valence-corrected chi connectivity index (χ0v) is 15.5. The molecular formula is C19H16ClNO4S. The van der Waals surface area contributed by atoms with Crippen molar-refractivity contribution in [2.45, 2.75) is 17.6 Å². The largest absolute Gasteiger partial charge is 0.482 e. The van der Waals surface area contributed by atoms with Crippen LogP contribution in [0, 0.1) is 6.92 Å². The summed E-state index contributed by atoms with van der Waals surface area (Å²) >= 11 is 7.51. The lowest BCUT2D eigenvalue weighted by molar-refractivity contribution is -0.139. The van der Waals surface area contributed by atoms with Crippen molar-refractivity contribution in [3.8, 4) is 17.1 Å². The Bertz CT molecular complexity index is 908. The third kappa shape index (κ3) is 4.80. The first-order valence-electron chi connectivity index (χ1n) is 7.81. The van der Waals surface area contributed by atoms with Crippen molar-refractivity contribution in [1.29, 1.82) is 0 Å². The second-order valence-electron chi connectivity index (χ2n) is 5.59. The van der Waals surface area contributed by atoms with Crippen LogP contribution in [0.3, 0.4) is 0 Å². The number of thioether (sulfide) groups is 1. The Labute approximate surface area is 159 Å². The number of rotatable bonds is 7. The molecule has 2 aromatic carbocycles. The van der Waals surface area contributed by atoms with Gasteiger partial charge in [-0.1, -0.05) is 16.8 Å². The highest BCUT2D eigenvalue weighted by Gasteiger charge is 2.09. The summed E-state index contributed by atoms with van der Waals surface area (Å²) in [6.07, 6.45) is 0. The number of carboxylic acids is 1. The summed E-state index contributed by atoms with van der Waals surface area (Å²) in [5.41, 5.74) is 2.65. The summed E-state index contributed by atoms with van der Waals surface area (Å²) in [6.45, 7) is 1.54. The molecule has 0 atom stereocenters. The van der Waals surface area contributed by atoms with Crippen LogP contribution in [0.2, 0.25) is 5.02 Å². The van der Waals surface area contributed by atoms with E-state index in [1.165, 1.54) is 0 Å². The van der Waals surface area contributed by atoms with Crippen LogP contribution in [-0.2, 0) is 10.5 Å². The molecule has 0 aliphatic heterocycles. The molecule has 0 amide bonds. The van der Waals surface area contributed by atoms with Crippen molar-refractivity contribution in [3.05, 3.63) is 64.8 Å². The van der Waals surface area contributed by atoms with Gasteiger partial charge in [0.25, 0.3) is 0 Å². The molecule has 0 spiro atoms. The maximum atomic E-state index is 10.6. The number of carboxylic acid groups (broad SMARTS) is 1. The zero-order chi connectivity index (χ0) is 18.5. The van der Waals surface area contributed by atoms with E-state index >= 15 is 0 Å². The fourth-order valence-corrected chi connectivity index (χ4v) is 3.30. The number of aryl methyl sites for hydroxylation is 1. The summed E-state index contributed by atoms with van der Waals surface area (Å²) in [7, 11) is 0. The summed E-state index contributed by atoms with van der Waals surface area (Å²) in [4.78, 5) is 11.6. The van der Waals surface area contributed by atoms with Crippen LogP contribution in [-0.4, -0.2) is 22.8 Å². The number of hydrogen-bond acceptors (Lipinski definition) is 5. The van der Waals surface area contributed by atoms with Gasteiger partial charge in [-0.3, -0.25) is 0 Å². The Morgan fingerprint density at radius 1 is 1.23 bits per heavy atom. The van der Waals surface area contributed by atoms with Gasteiger partial charge < -0.3 is 14.4 Å². The van der Waals surface area contributed by atoms with Crippen LogP contribution in [0.1, 0.15) is 11.3 Å². The number of benzene rings is 2. The highest BCUT2D eigenvalue weighted by atomic mass is 35.5. The molecule has 0 fully saturated rings. The third-order valence-corrected chi connectivity index (χ3v) is 4.85. The van der Waals surface area contributed by atoms with E-state index in [4.69, 9.17) is 26.0 Å². The first-order valence-corrected chi connectivity index (χ1v) is 9.17. The first kappa shape index (κ1) is 18.4. The van der Waals surface area contributed by atoms with E-state index < -0.39 is 5.97 Å². The van der Waals surface area contributed by atoms with Gasteiger partial charge in [-0.2, -0.15) is 0 Å². The lowest BCUT2D eigenvalue weighted by Crippen LogP contribution is -2.09. The van der Waals surface area contributed by atoms with Crippen molar-refractivity contribution < 1.29 is 19.2 Å². The van der Waals surface area contributed by atoms with Gasteiger partial charge in [-0.15, -0.1) is 11.8 Å². The lowest BCUT2D eigenvalue weighted by atomic mass is 10.2. The van der Waals surface area contributed by atoms with Crippen molar-refractivity contribution in [1.82, 2.24) is 5.16 Å². The van der Waals surface area contributed by atoms with Crippen LogP contribution in [0.5, 0.6) is 5.75 Å². The number of carbonyl (C=O) groups is 1. The van der Waals surface area contributed by atoms with E-state index in [1.54, 1.807) is 17.8 Å². The Morgan fingerprint density at radius 3 is 2.69 bits per heavy atom. The van der Waals surface area contributed by atoms with Crippen molar-refractivity contribution in [3.63, 3.8) is 0 Å². The van der Waals surface area contributed by atoms with Crippen LogP contribution in [0.25, 0.3) is 11.3 Å². The molecule has 1 aromatic heterocycles. The monoisotopic (exact) mass is 389 g/mol. The molecule has 0 aliphatic carbocycles. The first-order chi connectivity index (χ1) is 12.5. The molecule has 0 bridgehead atoms. The molecule has 3 aromatic rings. The molecule has 0 aliphatic rings. The molecule has 26 heavy (non-hydrogen) atoms. The average Bonchev–Trinajstić information content (AvgIpc) is 3.08. The van der Waals surface area contributed by atoms with Gasteiger partial charge in [0.05, 0.1) is 5.69 Å². The van der Waals surface area contributed by atoms with Crippen LogP contribution < -0.4 is 4.74 Å². The SMILES string of the molecule is Cc1cc(SCc2cc(-c3ccc(Cl)cc3)on2)ccc1OCC(=O)O. The molecule has 7 heteroatoms. The smallest absolute Gasteiger partial charge is 0.341 e. The van der Waals surface area contributed by atoms with Gasteiger partial charge in [0.2, 0.25) is 0 Å². The van der Waals surface area contributed by atoms with Gasteiger partial charge in [0, 0.05) is 27.3 Å². The lowest BCUT2D eigenvalue weighted by Gasteiger charge is -2.08. The molecule has 3 rings (SSSR count). The molecular weight excluding hydrogens is 374 g/mol. The standard InChI is InChI=1S/C19H16ClNO4S/c1-12-8-16(6-7-17(12)24-10-19(22)23)26-11-15-9-18(25-21-15)13-2-4-14(20)5-3-13/h2-9H,10-11H2,1H3,(H,22,23). The second kappa shape index (κ2) is 8.29. The summed E-state index contributed by atoms with van der Waals surface area (Å²) in [6, 6.07) is 14.9. The van der Waals surface area contributed by atoms with E-state index in [1.807, 2.05) is 49.4 Å². The van der Waals surface area contributed by atoms with Crippen LogP contribution in [0.15, 0.2) is 57.9 Å². The minimum Gasteiger partial charge on any atom is -0.482 e. The van der Waals surface area contributed by atoms with E-state index in [-0.39, 0.29) is 6.61 Å². The Morgan fingerprint density at radius 2 is 2.00 bits per heavy atom. The normalized spacial score (nSPS) is 10.7. The van der Waals surface area contributed by atoms with E-state index in [9.17, 15) is 4.79 Å². The maximum Gasteiger partial charge on any atom is 0.341 e. The Hall–Kier alpha value is -2.44. The minimum atomic E-state index is -0.995. The maximum absolute atomic E-state index is 10.6. The third-order valence-electron chi connectivity index (χ3n) is 3.57. The number of nitrogens with zero attached hydrogens (tertiary/aromatic N) is 1. The van der Waals surface area contributed by atoms with Crippen molar-refractivity contribution in [2.75, 3.05) is 6.61 Å². The molecule has 1 N–H and O–H groups in total. The highest BCUT2D eigenvalue weighted by molar-refractivity contribution is 7.98. The second-order valence-corrected chi connectivity index (χ2v) is 7.07. The van der Waals surface area contributed by atoms with Crippen molar-refractivity contribution in [2.24, 2.45) is 0 Å². The van der Waals surface area contributed by atoms with Gasteiger partial charge in [0.15, 0.2) is 12.4 Å². The molecule has 5 nitrogen and oxygen atoms in total. The summed E-state index contributed by atoms with van der Waals surface area (Å²) in [5, 5.41) is 13.5. The van der Waals surface area contributed by atoms with Gasteiger partial charge in [0.1, 0.15) is 5.75 Å². The minimum absolute atomic E-state index is 0.347. The van der Waals surface area contributed by atoms with Crippen molar-refractivity contribution >= 4 is 29.3 Å². The molecule has 0 saturated carbocycles. The van der Waals surface area contributed by atoms with Crippen LogP contribution >= 0.6 is 23.4 Å². The predicted molar refractivity (Wildman–Crippen MR) is 101 cm³/mol. The Kier molecular flexibility index (Phi) is 5.85. The molecule has 1 heterocycles. The number of halogens is 1. The van der Waals surface area contributed by atoms with Gasteiger partial charge in [-0.25, -0.2) is 4.79 Å². The van der Waals surface area contributed by atoms with E-state index in [2.05, 4.69) is 5.16 Å². The average molecular weight is 390 g/mol. The fraction of sp³-hybridized carbons (Fsp3) is 0.158. The molecule has 0 unspecified atom stereocenters. The van der Waals surface area contributed by atoms with E-state index in [0.717, 1.165) is 21.7 Å². The number of aliphatic carboxylic acids is 1.